The minimum Gasteiger partial charge on any atom is -0.335 e. The van der Waals surface area contributed by atoms with E-state index < -0.39 is 0 Å². The van der Waals surface area contributed by atoms with E-state index in [1.165, 1.54) is 13.0 Å². The topological polar surface area (TPSA) is 36.8 Å². The Kier molecular flexibility index (Phi) is 7.20. The molecule has 1 aliphatic heterocycles. The average Bonchev–Trinajstić information content (AvgIpc) is 2.56. The third-order valence-electron chi connectivity index (χ3n) is 4.77. The van der Waals surface area contributed by atoms with Crippen molar-refractivity contribution in [3.8, 4) is 0 Å². The van der Waals surface area contributed by atoms with Gasteiger partial charge >= 0.3 is 6.03 Å². The Morgan fingerprint density at radius 1 is 1.29 bits per heavy atom. The molecule has 0 aromatic heterocycles. The molecule has 0 spiro atoms. The molecule has 24 heavy (non-hydrogen) atoms. The molecule has 1 aliphatic rings. The Morgan fingerprint density at radius 2 is 1.96 bits per heavy atom. The number of carbonyl (C=O) groups is 1. The largest absolute Gasteiger partial charge is 0.335 e. The van der Waals surface area contributed by atoms with Crippen LogP contribution in [0.3, 0.4) is 0 Å². The van der Waals surface area contributed by atoms with Gasteiger partial charge in [0.1, 0.15) is 0 Å². The van der Waals surface area contributed by atoms with Gasteiger partial charge in [0.2, 0.25) is 0 Å². The molecule has 0 aliphatic carbocycles. The summed E-state index contributed by atoms with van der Waals surface area (Å²) in [5.74, 6) is 0.747. The van der Waals surface area contributed by atoms with Gasteiger partial charge in [0.05, 0.1) is 29.7 Å². The highest BCUT2D eigenvalue weighted by Crippen LogP contribution is 2.25. The Hall–Kier alpha value is -0.970. The highest BCUT2D eigenvalue weighted by molar-refractivity contribution is 6.42. The number of urea groups is 1. The molecule has 6 heteroatoms. The van der Waals surface area contributed by atoms with Crippen molar-refractivity contribution in [2.24, 2.45) is 5.92 Å². The van der Waals surface area contributed by atoms with E-state index in [-0.39, 0.29) is 6.03 Å². The summed E-state index contributed by atoms with van der Waals surface area (Å²) in [4.78, 5) is 15.9. The molecule has 1 aromatic rings. The molecule has 2 N–H and O–H groups in total. The van der Waals surface area contributed by atoms with Gasteiger partial charge in [-0.1, -0.05) is 37.0 Å². The molecule has 0 bridgehead atoms. The van der Waals surface area contributed by atoms with Crippen molar-refractivity contribution in [1.82, 2.24) is 4.90 Å². The molecule has 1 aromatic carbocycles. The van der Waals surface area contributed by atoms with E-state index in [1.807, 2.05) is 4.90 Å². The number of piperidine rings is 1. The van der Waals surface area contributed by atoms with Crippen molar-refractivity contribution in [2.45, 2.75) is 39.2 Å². The molecule has 1 fully saturated rings. The normalized spacial score (nSPS) is 17.2. The van der Waals surface area contributed by atoms with E-state index in [1.54, 1.807) is 23.1 Å². The van der Waals surface area contributed by atoms with Gasteiger partial charge in [0.15, 0.2) is 0 Å². The van der Waals surface area contributed by atoms with Crippen molar-refractivity contribution in [1.29, 1.82) is 0 Å². The smallest absolute Gasteiger partial charge is 0.321 e. The fraction of sp³-hybridized carbons (Fsp3) is 0.611. The molecular weight excluding hydrogens is 345 g/mol. The van der Waals surface area contributed by atoms with Crippen LogP contribution < -0.4 is 10.2 Å². The number of nitrogens with zero attached hydrogens (tertiary/aromatic N) is 1. The monoisotopic (exact) mass is 372 g/mol. The van der Waals surface area contributed by atoms with Crippen LogP contribution in [-0.4, -0.2) is 43.7 Å². The number of quaternary nitrogens is 1. The lowest BCUT2D eigenvalue weighted by molar-refractivity contribution is -0.907. The second-order valence-corrected chi connectivity index (χ2v) is 7.91. The lowest BCUT2D eigenvalue weighted by Crippen LogP contribution is -3.13. The summed E-state index contributed by atoms with van der Waals surface area (Å²) in [5, 5.41) is 3.84. The van der Waals surface area contributed by atoms with Crippen LogP contribution >= 0.6 is 23.2 Å². The first kappa shape index (κ1) is 19.4. The lowest BCUT2D eigenvalue weighted by Gasteiger charge is -2.34. The molecule has 1 unspecified atom stereocenters. The number of likely N-dealkylation sites (tertiary alicyclic amines) is 1. The molecule has 134 valence electrons. The number of nitrogens with one attached hydrogen (secondary N) is 2. The van der Waals surface area contributed by atoms with Crippen LogP contribution in [0.15, 0.2) is 18.2 Å². The highest BCUT2D eigenvalue weighted by Gasteiger charge is 2.27. The Morgan fingerprint density at radius 3 is 2.54 bits per heavy atom. The summed E-state index contributed by atoms with van der Waals surface area (Å²) in [5.41, 5.74) is 0.677. The van der Waals surface area contributed by atoms with Crippen molar-refractivity contribution in [3.05, 3.63) is 28.2 Å². The zero-order valence-electron chi connectivity index (χ0n) is 14.7. The van der Waals surface area contributed by atoms with E-state index in [4.69, 9.17) is 23.2 Å². The van der Waals surface area contributed by atoms with Gasteiger partial charge in [0.25, 0.3) is 0 Å². The maximum Gasteiger partial charge on any atom is 0.321 e. The first-order valence-electron chi connectivity index (χ1n) is 8.70. The van der Waals surface area contributed by atoms with Crippen molar-refractivity contribution in [2.75, 3.05) is 32.0 Å². The number of anilines is 1. The zero-order chi connectivity index (χ0) is 17.7. The van der Waals surface area contributed by atoms with Crippen LogP contribution in [-0.2, 0) is 0 Å². The molecule has 1 saturated heterocycles. The average molecular weight is 373 g/mol. The Balaban J connectivity index is 1.80. The third-order valence-corrected chi connectivity index (χ3v) is 5.51. The second kappa shape index (κ2) is 8.93. The van der Waals surface area contributed by atoms with E-state index in [2.05, 4.69) is 26.2 Å². The Labute approximate surface area is 155 Å². The SMILES string of the molecule is CC(C)CC[NH+](C)C1CCN(C(=O)Nc2ccc(Cl)c(Cl)c2)CC1. The molecule has 4 nitrogen and oxygen atoms in total. The molecule has 2 rings (SSSR count). The molecular formula is C18H28Cl2N3O+. The van der Waals surface area contributed by atoms with E-state index in [0.717, 1.165) is 31.8 Å². The highest BCUT2D eigenvalue weighted by atomic mass is 35.5. The lowest BCUT2D eigenvalue weighted by atomic mass is 10.0. The number of hydrogen-bond donors (Lipinski definition) is 2. The van der Waals surface area contributed by atoms with Gasteiger partial charge in [-0.3, -0.25) is 0 Å². The molecule has 0 saturated carbocycles. The molecule has 1 heterocycles. The molecule has 0 radical (unpaired) electrons. The number of hydrogen-bond acceptors (Lipinski definition) is 1. The first-order chi connectivity index (χ1) is 11.4. The van der Waals surface area contributed by atoms with Crippen LogP contribution in [0.1, 0.15) is 33.1 Å². The summed E-state index contributed by atoms with van der Waals surface area (Å²) in [7, 11) is 2.28. The first-order valence-corrected chi connectivity index (χ1v) is 9.45. The van der Waals surface area contributed by atoms with Crippen LogP contribution in [0.25, 0.3) is 0 Å². The third kappa shape index (κ3) is 5.54. The van der Waals surface area contributed by atoms with E-state index in [0.29, 0.717) is 21.8 Å². The standard InChI is InChI=1S/C18H27Cl2N3O/c1-13(2)6-9-22(3)15-7-10-23(11-8-15)18(24)21-14-4-5-16(19)17(20)12-14/h4-5,12-13,15H,6-11H2,1-3H3,(H,21,24)/p+1. The number of rotatable bonds is 5. The van der Waals surface area contributed by atoms with Gasteiger partial charge < -0.3 is 15.1 Å². The number of halogens is 2. The number of benzene rings is 1. The maximum atomic E-state index is 12.4. The van der Waals surface area contributed by atoms with Gasteiger partial charge in [0, 0.05) is 31.6 Å². The van der Waals surface area contributed by atoms with Crippen LogP contribution in [0.5, 0.6) is 0 Å². The quantitative estimate of drug-likeness (QED) is 0.814. The van der Waals surface area contributed by atoms with Gasteiger partial charge in [-0.15, -0.1) is 0 Å². The number of amides is 2. The van der Waals surface area contributed by atoms with Crippen molar-refractivity contribution in [3.63, 3.8) is 0 Å². The Bertz CT molecular complexity index is 557. The predicted molar refractivity (Wildman–Crippen MR) is 101 cm³/mol. The predicted octanol–water partition coefficient (Wildman–Crippen LogP) is 3.55. The summed E-state index contributed by atoms with van der Waals surface area (Å²) in [6, 6.07) is 5.73. The maximum absolute atomic E-state index is 12.4. The van der Waals surface area contributed by atoms with Gasteiger partial charge in [-0.25, -0.2) is 4.79 Å². The van der Waals surface area contributed by atoms with E-state index in [9.17, 15) is 4.79 Å². The summed E-state index contributed by atoms with van der Waals surface area (Å²) < 4.78 is 0. The zero-order valence-corrected chi connectivity index (χ0v) is 16.3. The van der Waals surface area contributed by atoms with Gasteiger partial charge in [-0.05, 0) is 30.5 Å². The molecule has 1 atom stereocenters. The number of carbonyl (C=O) groups excluding carboxylic acids is 1. The minimum atomic E-state index is -0.0633. The van der Waals surface area contributed by atoms with Crippen LogP contribution in [0, 0.1) is 5.92 Å². The van der Waals surface area contributed by atoms with E-state index >= 15 is 0 Å². The second-order valence-electron chi connectivity index (χ2n) is 7.10. The molecule has 2 amide bonds. The summed E-state index contributed by atoms with van der Waals surface area (Å²) in [6.07, 6.45) is 3.36. The van der Waals surface area contributed by atoms with Crippen LogP contribution in [0.4, 0.5) is 10.5 Å². The fourth-order valence-electron chi connectivity index (χ4n) is 3.07. The van der Waals surface area contributed by atoms with Crippen LogP contribution in [0.2, 0.25) is 10.0 Å². The summed E-state index contributed by atoms with van der Waals surface area (Å²) >= 11 is 11.9. The minimum absolute atomic E-state index is 0.0633. The summed E-state index contributed by atoms with van der Waals surface area (Å²) in [6.45, 7) is 7.35. The fourth-order valence-corrected chi connectivity index (χ4v) is 3.37. The van der Waals surface area contributed by atoms with Crippen molar-refractivity contribution >= 4 is 34.9 Å². The van der Waals surface area contributed by atoms with Gasteiger partial charge in [-0.2, -0.15) is 0 Å². The van der Waals surface area contributed by atoms with Crippen molar-refractivity contribution < 1.29 is 9.69 Å².